The Hall–Kier alpha value is -2.63. The van der Waals surface area contributed by atoms with E-state index in [1.165, 1.54) is 32.6 Å². The molecule has 0 saturated heterocycles. The van der Waals surface area contributed by atoms with Crippen LogP contribution in [0.25, 0.3) is 10.8 Å². The first-order valence-electron chi connectivity index (χ1n) is 10.4. The van der Waals surface area contributed by atoms with Gasteiger partial charge in [0.15, 0.2) is 0 Å². The Balaban J connectivity index is 1.85. The number of hydrogen-bond donors (Lipinski definition) is 0. The summed E-state index contributed by atoms with van der Waals surface area (Å²) in [6.45, 7) is 6.53. The maximum absolute atomic E-state index is 2.47. The number of nitrogens with zero attached hydrogens (tertiary/aromatic N) is 1. The molecule has 0 saturated carbocycles. The van der Waals surface area contributed by atoms with Crippen molar-refractivity contribution < 1.29 is 0 Å². The van der Waals surface area contributed by atoms with E-state index in [4.69, 9.17) is 0 Å². The molecule has 0 N–H and O–H groups in total. The molecule has 4 rings (SSSR count). The third kappa shape index (κ3) is 4.21. The van der Waals surface area contributed by atoms with Gasteiger partial charge in [-0.3, -0.25) is 0 Å². The van der Waals surface area contributed by atoms with Crippen LogP contribution in [0.4, 0.5) is 5.69 Å². The Morgan fingerprint density at radius 2 is 1.17 bits per heavy atom. The first-order valence-corrected chi connectivity index (χ1v) is 12.0. The Bertz CT molecular complexity index is 1010. The summed E-state index contributed by atoms with van der Waals surface area (Å²) in [6, 6.07) is 35.5. The molecule has 4 aromatic carbocycles. The van der Waals surface area contributed by atoms with Crippen molar-refractivity contribution in [3.63, 3.8) is 0 Å². The molecule has 2 heteroatoms. The van der Waals surface area contributed by atoms with Crippen LogP contribution >= 0.6 is 7.92 Å². The summed E-state index contributed by atoms with van der Waals surface area (Å²) in [7, 11) is -0.459. The van der Waals surface area contributed by atoms with Crippen molar-refractivity contribution in [1.82, 2.24) is 0 Å². The Labute approximate surface area is 175 Å². The summed E-state index contributed by atoms with van der Waals surface area (Å²) in [5, 5.41) is 5.62. The zero-order valence-corrected chi connectivity index (χ0v) is 18.1. The molecule has 146 valence electrons. The first kappa shape index (κ1) is 19.7. The van der Waals surface area contributed by atoms with E-state index in [1.54, 1.807) is 0 Å². The van der Waals surface area contributed by atoms with Gasteiger partial charge in [-0.2, -0.15) is 0 Å². The lowest BCUT2D eigenvalue weighted by atomic mass is 10.0. The van der Waals surface area contributed by atoms with Gasteiger partial charge in [0.25, 0.3) is 0 Å². The van der Waals surface area contributed by atoms with Crippen LogP contribution < -0.4 is 15.5 Å². The third-order valence-corrected chi connectivity index (χ3v) is 8.04. The second kappa shape index (κ2) is 9.25. The van der Waals surface area contributed by atoms with Gasteiger partial charge in [0, 0.05) is 30.3 Å². The van der Waals surface area contributed by atoms with Crippen LogP contribution in [0.3, 0.4) is 0 Å². The molecule has 0 bridgehead atoms. The number of fused-ring (bicyclic) bond motifs is 1. The van der Waals surface area contributed by atoms with Crippen LogP contribution in [-0.2, 0) is 6.16 Å². The van der Waals surface area contributed by atoms with E-state index in [0.717, 1.165) is 19.3 Å². The van der Waals surface area contributed by atoms with E-state index < -0.39 is 7.92 Å². The van der Waals surface area contributed by atoms with Crippen molar-refractivity contribution >= 4 is 35.0 Å². The number of hydrogen-bond acceptors (Lipinski definition) is 1. The molecule has 0 fully saturated rings. The van der Waals surface area contributed by atoms with E-state index in [-0.39, 0.29) is 0 Å². The molecule has 0 aliphatic carbocycles. The first-order chi connectivity index (χ1) is 14.3. The molecule has 4 aromatic rings. The molecular weight excluding hydrogens is 369 g/mol. The lowest BCUT2D eigenvalue weighted by molar-refractivity contribution is 0.870. The molecule has 0 atom stereocenters. The summed E-state index contributed by atoms with van der Waals surface area (Å²) in [6.07, 6.45) is 1.05. The van der Waals surface area contributed by atoms with Gasteiger partial charge in [-0.1, -0.05) is 91.0 Å². The fraction of sp³-hybridized carbons (Fsp3) is 0.185. The van der Waals surface area contributed by atoms with Crippen molar-refractivity contribution in [3.05, 3.63) is 103 Å². The average molecular weight is 398 g/mol. The average Bonchev–Trinajstić information content (AvgIpc) is 2.79. The van der Waals surface area contributed by atoms with Gasteiger partial charge in [-0.05, 0) is 49.4 Å². The fourth-order valence-corrected chi connectivity index (χ4v) is 6.41. The zero-order chi connectivity index (χ0) is 20.1. The highest BCUT2D eigenvalue weighted by Crippen LogP contribution is 2.41. The molecule has 0 radical (unpaired) electrons. The monoisotopic (exact) mass is 397 g/mol. The van der Waals surface area contributed by atoms with Gasteiger partial charge in [-0.15, -0.1) is 0 Å². The molecule has 0 unspecified atom stereocenters. The van der Waals surface area contributed by atoms with Crippen LogP contribution in [0.5, 0.6) is 0 Å². The minimum atomic E-state index is -0.459. The fourth-order valence-electron chi connectivity index (χ4n) is 4.07. The van der Waals surface area contributed by atoms with Crippen LogP contribution in [0.2, 0.25) is 0 Å². The van der Waals surface area contributed by atoms with E-state index in [0.29, 0.717) is 0 Å². The van der Waals surface area contributed by atoms with Crippen LogP contribution in [0.1, 0.15) is 19.4 Å². The predicted octanol–water partition coefficient (Wildman–Crippen LogP) is 6.32. The highest BCUT2D eigenvalue weighted by atomic mass is 31.1. The third-order valence-electron chi connectivity index (χ3n) is 5.54. The zero-order valence-electron chi connectivity index (χ0n) is 17.3. The summed E-state index contributed by atoms with van der Waals surface area (Å²) in [4.78, 5) is 2.47. The molecule has 0 heterocycles. The Morgan fingerprint density at radius 1 is 0.621 bits per heavy atom. The number of anilines is 1. The van der Waals surface area contributed by atoms with E-state index in [1.807, 2.05) is 0 Å². The standard InChI is InChI=1S/C27H28NP/c1-3-28(4-2)26-20-12-14-22-13-11-15-23(27(22)26)21-29(24-16-7-5-8-17-24)25-18-9-6-10-19-25/h5-20H,3-4,21H2,1-2H3. The predicted molar refractivity (Wildman–Crippen MR) is 130 cm³/mol. The smallest absolute Gasteiger partial charge is 0.0448 e. The van der Waals surface area contributed by atoms with E-state index >= 15 is 0 Å². The lowest BCUT2D eigenvalue weighted by Crippen LogP contribution is -2.22. The SMILES string of the molecule is CCN(CC)c1cccc2cccc(CP(c3ccccc3)c3ccccc3)c12. The second-order valence-corrected chi connectivity index (χ2v) is 9.43. The highest BCUT2D eigenvalue weighted by Gasteiger charge is 2.17. The Kier molecular flexibility index (Phi) is 6.27. The van der Waals surface area contributed by atoms with Crippen molar-refractivity contribution in [1.29, 1.82) is 0 Å². The minimum Gasteiger partial charge on any atom is -0.372 e. The molecule has 1 nitrogen and oxygen atoms in total. The Morgan fingerprint density at radius 3 is 1.72 bits per heavy atom. The van der Waals surface area contributed by atoms with Gasteiger partial charge in [0.05, 0.1) is 0 Å². The molecule has 0 aliphatic heterocycles. The lowest BCUT2D eigenvalue weighted by Gasteiger charge is -2.26. The van der Waals surface area contributed by atoms with Crippen molar-refractivity contribution in [2.45, 2.75) is 20.0 Å². The minimum absolute atomic E-state index is 0.459. The van der Waals surface area contributed by atoms with Gasteiger partial charge in [0.2, 0.25) is 0 Å². The second-order valence-electron chi connectivity index (χ2n) is 7.22. The van der Waals surface area contributed by atoms with Crippen LogP contribution in [0.15, 0.2) is 97.1 Å². The molecular formula is C27H28NP. The largest absolute Gasteiger partial charge is 0.372 e. The molecule has 0 aromatic heterocycles. The quantitative estimate of drug-likeness (QED) is 0.330. The van der Waals surface area contributed by atoms with Crippen LogP contribution in [0, 0.1) is 0 Å². The maximum atomic E-state index is 2.47. The van der Waals surface area contributed by atoms with Crippen molar-refractivity contribution in [3.8, 4) is 0 Å². The number of rotatable bonds is 7. The molecule has 29 heavy (non-hydrogen) atoms. The van der Waals surface area contributed by atoms with Gasteiger partial charge < -0.3 is 4.90 Å². The summed E-state index contributed by atoms with van der Waals surface area (Å²) < 4.78 is 0. The van der Waals surface area contributed by atoms with E-state index in [9.17, 15) is 0 Å². The summed E-state index contributed by atoms with van der Waals surface area (Å²) in [5.74, 6) is 0. The van der Waals surface area contributed by atoms with E-state index in [2.05, 4.69) is 116 Å². The van der Waals surface area contributed by atoms with Gasteiger partial charge in [-0.25, -0.2) is 0 Å². The van der Waals surface area contributed by atoms with Crippen molar-refractivity contribution in [2.75, 3.05) is 18.0 Å². The molecule has 0 amide bonds. The maximum Gasteiger partial charge on any atom is 0.0448 e. The van der Waals surface area contributed by atoms with Crippen LogP contribution in [-0.4, -0.2) is 13.1 Å². The normalized spacial score (nSPS) is 11.1. The number of benzene rings is 4. The van der Waals surface area contributed by atoms with Gasteiger partial charge >= 0.3 is 0 Å². The summed E-state index contributed by atoms with van der Waals surface area (Å²) in [5.41, 5.74) is 2.81. The topological polar surface area (TPSA) is 3.24 Å². The summed E-state index contributed by atoms with van der Waals surface area (Å²) >= 11 is 0. The van der Waals surface area contributed by atoms with Gasteiger partial charge in [0.1, 0.15) is 0 Å². The molecule has 0 spiro atoms. The highest BCUT2D eigenvalue weighted by molar-refractivity contribution is 7.72. The molecule has 0 aliphatic rings. The van der Waals surface area contributed by atoms with Crippen molar-refractivity contribution in [2.24, 2.45) is 0 Å².